The van der Waals surface area contributed by atoms with Crippen LogP contribution >= 0.6 is 34.8 Å². The first kappa shape index (κ1) is 27.6. The number of aromatic hydroxyl groups is 1. The predicted molar refractivity (Wildman–Crippen MR) is 163 cm³/mol. The quantitative estimate of drug-likeness (QED) is 0.131. The monoisotopic (exact) mass is 599 g/mol. The molecule has 0 radical (unpaired) electrons. The molecule has 2 aromatic carbocycles. The largest absolute Gasteiger partial charge is 0.507 e. The highest BCUT2D eigenvalue weighted by molar-refractivity contribution is 6.66. The highest BCUT2D eigenvalue weighted by atomic mass is 35.6. The fourth-order valence-electron chi connectivity index (χ4n) is 5.80. The minimum atomic E-state index is -1.57. The number of alkyl halides is 3. The van der Waals surface area contributed by atoms with Crippen LogP contribution < -0.4 is 10.1 Å². The van der Waals surface area contributed by atoms with E-state index in [9.17, 15) is 5.11 Å². The van der Waals surface area contributed by atoms with Crippen molar-refractivity contribution in [1.29, 1.82) is 0 Å². The first-order chi connectivity index (χ1) is 19.3. The Labute approximate surface area is 249 Å². The molecule has 0 atom stereocenters. The number of aromatic nitrogens is 2. The summed E-state index contributed by atoms with van der Waals surface area (Å²) in [6.45, 7) is 5.62. The smallest absolute Gasteiger partial charge is 0.216 e. The summed E-state index contributed by atoms with van der Waals surface area (Å²) in [5.41, 5.74) is 6.08. The summed E-state index contributed by atoms with van der Waals surface area (Å²) in [6.07, 6.45) is 4.77. The molecule has 2 aromatic heterocycles. The molecule has 7 nitrogen and oxygen atoms in total. The van der Waals surface area contributed by atoms with E-state index in [2.05, 4.69) is 27.2 Å². The number of halogens is 3. The zero-order chi connectivity index (χ0) is 27.9. The van der Waals surface area contributed by atoms with Crippen molar-refractivity contribution in [2.24, 2.45) is 0 Å². The molecule has 2 aliphatic heterocycles. The van der Waals surface area contributed by atoms with Crippen LogP contribution in [0.25, 0.3) is 21.9 Å². The Morgan fingerprint density at radius 2 is 1.48 bits per heavy atom. The molecule has 0 saturated carbocycles. The van der Waals surface area contributed by atoms with Crippen LogP contribution in [0.2, 0.25) is 0 Å². The van der Waals surface area contributed by atoms with Crippen LogP contribution in [0.4, 0.5) is 11.4 Å². The van der Waals surface area contributed by atoms with Gasteiger partial charge in [-0.25, -0.2) is 9.97 Å². The Balaban J connectivity index is 1.48. The molecule has 210 valence electrons. The Morgan fingerprint density at radius 1 is 0.850 bits per heavy atom. The van der Waals surface area contributed by atoms with Gasteiger partial charge in [0.2, 0.25) is 9.67 Å². The van der Waals surface area contributed by atoms with Crippen LogP contribution in [-0.2, 0) is 16.9 Å². The van der Waals surface area contributed by atoms with E-state index in [1.54, 1.807) is 25.3 Å². The van der Waals surface area contributed by atoms with Crippen LogP contribution in [0, 0.1) is 0 Å². The topological polar surface area (TPSA) is 73.8 Å². The second-order valence-electron chi connectivity index (χ2n) is 10.7. The molecular weight excluding hydrogens is 569 g/mol. The van der Waals surface area contributed by atoms with Gasteiger partial charge in [-0.1, -0.05) is 46.9 Å². The maximum atomic E-state index is 11.4. The number of methoxy groups -OCH3 is 1. The fraction of sp³-hybridized carbons (Fsp3) is 0.400. The number of pyridine rings is 2. The van der Waals surface area contributed by atoms with Gasteiger partial charge in [0.05, 0.1) is 23.8 Å². The number of rotatable bonds is 7. The number of hydrogen-bond donors (Lipinski definition) is 2. The lowest BCUT2D eigenvalue weighted by molar-refractivity contribution is 0.312. The van der Waals surface area contributed by atoms with E-state index in [-0.39, 0.29) is 0 Å². The van der Waals surface area contributed by atoms with Gasteiger partial charge in [-0.2, -0.15) is 0 Å². The summed E-state index contributed by atoms with van der Waals surface area (Å²) in [5, 5.41) is 15.8. The third kappa shape index (κ3) is 5.76. The van der Waals surface area contributed by atoms with Crippen molar-refractivity contribution >= 4 is 68.1 Å². The minimum Gasteiger partial charge on any atom is -0.507 e. The third-order valence-electron chi connectivity index (χ3n) is 7.85. The van der Waals surface area contributed by atoms with Gasteiger partial charge in [0, 0.05) is 46.9 Å². The molecule has 4 aromatic rings. The summed E-state index contributed by atoms with van der Waals surface area (Å²) in [5.74, 6) is 0.880. The molecule has 2 saturated heterocycles. The lowest BCUT2D eigenvalue weighted by Crippen LogP contribution is -2.20. The summed E-state index contributed by atoms with van der Waals surface area (Å²) in [6, 6.07) is 13.3. The first-order valence-electron chi connectivity index (χ1n) is 13.7. The van der Waals surface area contributed by atoms with E-state index >= 15 is 0 Å². The standard InChI is InChI=1S/C30H32Cl3N5O2/c1-40-26-9-8-24-28(36-26)27(23-7-6-21(30(31,32)33)16-25(23)35-24)34-22-14-19(17-37-10-2-3-11-37)29(39)20(15-22)18-38-12-4-5-13-38/h6-9,14-16,39H,2-5,10-13,17-18H2,1H3,(H,34,35). The van der Waals surface area contributed by atoms with Crippen molar-refractivity contribution in [3.63, 3.8) is 0 Å². The van der Waals surface area contributed by atoms with Gasteiger partial charge < -0.3 is 15.2 Å². The van der Waals surface area contributed by atoms with Crippen LogP contribution in [-0.4, -0.2) is 58.2 Å². The molecule has 2 fully saturated rings. The summed E-state index contributed by atoms with van der Waals surface area (Å²) >= 11 is 18.6. The number of likely N-dealkylation sites (tertiary alicyclic amines) is 2. The maximum Gasteiger partial charge on any atom is 0.216 e. The number of ether oxygens (including phenoxy) is 1. The Hall–Kier alpha value is -2.55. The summed E-state index contributed by atoms with van der Waals surface area (Å²) in [7, 11) is 1.60. The Bertz CT molecular complexity index is 1510. The lowest BCUT2D eigenvalue weighted by atomic mass is 10.0. The first-order valence-corrected chi connectivity index (χ1v) is 14.8. The number of nitrogens with one attached hydrogen (secondary N) is 1. The second kappa shape index (κ2) is 11.4. The number of anilines is 2. The average Bonchev–Trinajstić information content (AvgIpc) is 3.64. The zero-order valence-electron chi connectivity index (χ0n) is 22.4. The molecule has 2 N–H and O–H groups in total. The van der Waals surface area contributed by atoms with Gasteiger partial charge in [0.15, 0.2) is 0 Å². The Kier molecular flexibility index (Phi) is 7.85. The molecule has 4 heterocycles. The Morgan fingerprint density at radius 3 is 2.05 bits per heavy atom. The van der Waals surface area contributed by atoms with Crippen LogP contribution in [0.1, 0.15) is 42.4 Å². The predicted octanol–water partition coefficient (Wildman–Crippen LogP) is 7.26. The molecule has 2 aliphatic rings. The minimum absolute atomic E-state index is 0.390. The van der Waals surface area contributed by atoms with Crippen molar-refractivity contribution in [1.82, 2.24) is 19.8 Å². The van der Waals surface area contributed by atoms with E-state index < -0.39 is 3.79 Å². The van der Waals surface area contributed by atoms with Gasteiger partial charge in [0.1, 0.15) is 11.3 Å². The molecule has 0 spiro atoms. The van der Waals surface area contributed by atoms with Gasteiger partial charge in [-0.3, -0.25) is 9.80 Å². The van der Waals surface area contributed by atoms with Crippen LogP contribution in [0.15, 0.2) is 42.5 Å². The maximum absolute atomic E-state index is 11.4. The normalized spacial score (nSPS) is 16.8. The summed E-state index contributed by atoms with van der Waals surface area (Å²) < 4.78 is 3.88. The van der Waals surface area contributed by atoms with Crippen LogP contribution in [0.5, 0.6) is 11.6 Å². The van der Waals surface area contributed by atoms with Crippen molar-refractivity contribution < 1.29 is 9.84 Å². The van der Waals surface area contributed by atoms with Crippen molar-refractivity contribution in [3.05, 3.63) is 59.2 Å². The molecule has 0 bridgehead atoms. The second-order valence-corrected chi connectivity index (χ2v) is 13.0. The van der Waals surface area contributed by atoms with Crippen molar-refractivity contribution in [3.8, 4) is 11.6 Å². The van der Waals surface area contributed by atoms with Gasteiger partial charge in [-0.15, -0.1) is 0 Å². The zero-order valence-corrected chi connectivity index (χ0v) is 24.7. The fourth-order valence-corrected chi connectivity index (χ4v) is 6.15. The number of phenols is 1. The van der Waals surface area contributed by atoms with E-state index in [1.165, 1.54) is 25.7 Å². The average molecular weight is 601 g/mol. The molecular formula is C30H32Cl3N5O2. The lowest BCUT2D eigenvalue weighted by Gasteiger charge is -2.22. The number of phenolic OH excluding ortho intramolecular Hbond substituents is 1. The van der Waals surface area contributed by atoms with Gasteiger partial charge >= 0.3 is 0 Å². The number of benzene rings is 2. The summed E-state index contributed by atoms with van der Waals surface area (Å²) in [4.78, 5) is 14.4. The molecule has 10 heteroatoms. The SMILES string of the molecule is COc1ccc2nc3cc(C(Cl)(Cl)Cl)ccc3c(Nc3cc(CN4CCCC4)c(O)c(CN4CCCC4)c3)c2n1. The van der Waals surface area contributed by atoms with Gasteiger partial charge in [-0.05, 0) is 76.1 Å². The molecule has 6 rings (SSSR count). The van der Waals surface area contributed by atoms with E-state index in [0.717, 1.165) is 54.1 Å². The number of hydrogen-bond acceptors (Lipinski definition) is 7. The molecule has 40 heavy (non-hydrogen) atoms. The molecule has 0 aliphatic carbocycles. The molecule has 0 unspecified atom stereocenters. The van der Waals surface area contributed by atoms with Crippen molar-refractivity contribution in [2.45, 2.75) is 42.6 Å². The molecule has 0 amide bonds. The third-order valence-corrected chi connectivity index (χ3v) is 8.51. The van der Waals surface area contributed by atoms with E-state index in [1.807, 2.05) is 12.1 Å². The highest BCUT2D eigenvalue weighted by Gasteiger charge is 2.25. The van der Waals surface area contributed by atoms with Gasteiger partial charge in [0.25, 0.3) is 0 Å². The van der Waals surface area contributed by atoms with E-state index in [0.29, 0.717) is 46.8 Å². The number of nitrogens with zero attached hydrogens (tertiary/aromatic N) is 4. The van der Waals surface area contributed by atoms with E-state index in [4.69, 9.17) is 49.5 Å². The number of fused-ring (bicyclic) bond motifs is 2. The van der Waals surface area contributed by atoms with Crippen molar-refractivity contribution in [2.75, 3.05) is 38.6 Å². The highest BCUT2D eigenvalue weighted by Crippen LogP contribution is 2.42. The van der Waals surface area contributed by atoms with Crippen LogP contribution in [0.3, 0.4) is 0 Å².